The van der Waals surface area contributed by atoms with Gasteiger partial charge in [-0.1, -0.05) is 23.7 Å². The minimum Gasteiger partial charge on any atom is -0.495 e. The Morgan fingerprint density at radius 3 is 2.47 bits per heavy atom. The fourth-order valence-electron chi connectivity index (χ4n) is 3.31. The Hall–Kier alpha value is -2.20. The van der Waals surface area contributed by atoms with Crippen LogP contribution < -0.4 is 10.1 Å². The van der Waals surface area contributed by atoms with Crippen molar-refractivity contribution in [3.8, 4) is 5.75 Å². The predicted molar refractivity (Wildman–Crippen MR) is 113 cm³/mol. The SMILES string of the molecule is COc1ccc(Cl)cc1NC(=O)[C@@H](C)N1CCN(S(=O)(=O)c2ccccc2F)CC1. The number of benzene rings is 2. The Morgan fingerprint density at radius 2 is 1.83 bits per heavy atom. The third-order valence-corrected chi connectivity index (χ3v) is 7.24. The molecule has 3 rings (SSSR count). The molecule has 162 valence electrons. The van der Waals surface area contributed by atoms with Crippen molar-refractivity contribution >= 4 is 33.2 Å². The number of rotatable bonds is 6. The van der Waals surface area contributed by atoms with Gasteiger partial charge in [0.1, 0.15) is 16.5 Å². The highest BCUT2D eigenvalue weighted by molar-refractivity contribution is 7.89. The molecule has 1 amide bonds. The molecule has 0 aliphatic carbocycles. The number of halogens is 2. The molecule has 1 aliphatic rings. The monoisotopic (exact) mass is 455 g/mol. The van der Waals surface area contributed by atoms with Crippen molar-refractivity contribution in [3.05, 3.63) is 53.3 Å². The minimum atomic E-state index is -3.92. The molecule has 1 N–H and O–H groups in total. The number of methoxy groups -OCH3 is 1. The molecule has 0 bridgehead atoms. The maximum Gasteiger partial charge on any atom is 0.246 e. The van der Waals surface area contributed by atoms with Gasteiger partial charge >= 0.3 is 0 Å². The Kier molecular flexibility index (Phi) is 6.97. The molecule has 7 nitrogen and oxygen atoms in total. The van der Waals surface area contributed by atoms with Crippen LogP contribution in [0.4, 0.5) is 10.1 Å². The summed E-state index contributed by atoms with van der Waals surface area (Å²) in [7, 11) is -2.43. The van der Waals surface area contributed by atoms with Gasteiger partial charge in [0.25, 0.3) is 0 Å². The first-order chi connectivity index (χ1) is 14.2. The zero-order valence-corrected chi connectivity index (χ0v) is 18.2. The maximum absolute atomic E-state index is 14.0. The summed E-state index contributed by atoms with van der Waals surface area (Å²) < 4.78 is 45.9. The van der Waals surface area contributed by atoms with Crippen LogP contribution in [0.15, 0.2) is 47.4 Å². The quantitative estimate of drug-likeness (QED) is 0.724. The van der Waals surface area contributed by atoms with E-state index < -0.39 is 21.9 Å². The van der Waals surface area contributed by atoms with Crippen LogP contribution in [0.3, 0.4) is 0 Å². The normalized spacial score (nSPS) is 16.8. The van der Waals surface area contributed by atoms with E-state index in [4.69, 9.17) is 16.3 Å². The maximum atomic E-state index is 14.0. The molecule has 0 aromatic heterocycles. The summed E-state index contributed by atoms with van der Waals surface area (Å²) in [6.07, 6.45) is 0. The van der Waals surface area contributed by atoms with E-state index in [2.05, 4.69) is 5.32 Å². The zero-order valence-electron chi connectivity index (χ0n) is 16.6. The van der Waals surface area contributed by atoms with E-state index in [1.165, 1.54) is 29.6 Å². The summed E-state index contributed by atoms with van der Waals surface area (Å²) in [5, 5.41) is 3.27. The molecule has 1 saturated heterocycles. The van der Waals surface area contributed by atoms with Crippen LogP contribution in [0.25, 0.3) is 0 Å². The third kappa shape index (κ3) is 4.75. The van der Waals surface area contributed by atoms with E-state index in [0.29, 0.717) is 29.5 Å². The van der Waals surface area contributed by atoms with Crippen LogP contribution >= 0.6 is 11.6 Å². The van der Waals surface area contributed by atoms with E-state index in [-0.39, 0.29) is 23.9 Å². The van der Waals surface area contributed by atoms with Crippen LogP contribution in [0.2, 0.25) is 5.02 Å². The molecule has 0 unspecified atom stereocenters. The Balaban J connectivity index is 1.64. The highest BCUT2D eigenvalue weighted by Gasteiger charge is 2.33. The van der Waals surface area contributed by atoms with Gasteiger partial charge in [-0.15, -0.1) is 0 Å². The van der Waals surface area contributed by atoms with E-state index in [0.717, 1.165) is 6.07 Å². The third-order valence-electron chi connectivity index (χ3n) is 5.07. The number of sulfonamides is 1. The highest BCUT2D eigenvalue weighted by atomic mass is 35.5. The standard InChI is InChI=1S/C20H23ClFN3O4S/c1-14(20(26)23-17-13-15(21)7-8-18(17)29-2)24-9-11-25(12-10-24)30(27,28)19-6-4-3-5-16(19)22/h3-8,13-14H,9-12H2,1-2H3,(H,23,26)/t14-/m1/s1. The molecule has 1 atom stereocenters. The number of amides is 1. The molecular weight excluding hydrogens is 433 g/mol. The number of carbonyl (C=O) groups excluding carboxylic acids is 1. The van der Waals surface area contributed by atoms with E-state index in [1.54, 1.807) is 25.1 Å². The first-order valence-corrected chi connectivity index (χ1v) is 11.2. The van der Waals surface area contributed by atoms with Crippen molar-refractivity contribution in [2.24, 2.45) is 0 Å². The van der Waals surface area contributed by atoms with Gasteiger partial charge in [0.2, 0.25) is 15.9 Å². The molecule has 30 heavy (non-hydrogen) atoms. The van der Waals surface area contributed by atoms with Crippen molar-refractivity contribution in [2.45, 2.75) is 17.9 Å². The van der Waals surface area contributed by atoms with Crippen molar-refractivity contribution in [1.82, 2.24) is 9.21 Å². The van der Waals surface area contributed by atoms with Crippen LogP contribution in [0.5, 0.6) is 5.75 Å². The largest absolute Gasteiger partial charge is 0.495 e. The van der Waals surface area contributed by atoms with Crippen LogP contribution in [0, 0.1) is 5.82 Å². The summed E-state index contributed by atoms with van der Waals surface area (Å²) in [4.78, 5) is 14.2. The lowest BCUT2D eigenvalue weighted by Gasteiger charge is -2.36. The number of nitrogens with one attached hydrogen (secondary N) is 1. The van der Waals surface area contributed by atoms with Gasteiger partial charge in [-0.25, -0.2) is 12.8 Å². The van der Waals surface area contributed by atoms with Crippen molar-refractivity contribution in [2.75, 3.05) is 38.6 Å². The van der Waals surface area contributed by atoms with Gasteiger partial charge in [0.05, 0.1) is 18.8 Å². The minimum absolute atomic E-state index is 0.161. The number of ether oxygens (including phenoxy) is 1. The molecule has 1 fully saturated rings. The molecule has 0 spiro atoms. The molecule has 2 aromatic rings. The second-order valence-electron chi connectivity index (χ2n) is 6.88. The number of nitrogens with zero attached hydrogens (tertiary/aromatic N) is 2. The average Bonchev–Trinajstić information content (AvgIpc) is 2.73. The molecule has 2 aromatic carbocycles. The Bertz CT molecular complexity index is 1030. The molecular formula is C20H23ClFN3O4S. The van der Waals surface area contributed by atoms with Crippen molar-refractivity contribution in [3.63, 3.8) is 0 Å². The van der Waals surface area contributed by atoms with Gasteiger partial charge in [-0.3, -0.25) is 9.69 Å². The number of hydrogen-bond acceptors (Lipinski definition) is 5. The van der Waals surface area contributed by atoms with E-state index >= 15 is 0 Å². The van der Waals surface area contributed by atoms with Crippen molar-refractivity contribution in [1.29, 1.82) is 0 Å². The molecule has 0 radical (unpaired) electrons. The first-order valence-electron chi connectivity index (χ1n) is 9.37. The van der Waals surface area contributed by atoms with Gasteiger partial charge in [0, 0.05) is 31.2 Å². The summed E-state index contributed by atoms with van der Waals surface area (Å²) in [6.45, 7) is 2.75. The topological polar surface area (TPSA) is 79.0 Å². The van der Waals surface area contributed by atoms with Crippen molar-refractivity contribution < 1.29 is 22.3 Å². The molecule has 1 aliphatic heterocycles. The van der Waals surface area contributed by atoms with Gasteiger partial charge in [-0.2, -0.15) is 4.31 Å². The lowest BCUT2D eigenvalue weighted by molar-refractivity contribution is -0.121. The van der Waals surface area contributed by atoms with Gasteiger partial charge in [0.15, 0.2) is 0 Å². The van der Waals surface area contributed by atoms with Crippen LogP contribution in [-0.4, -0.2) is 62.9 Å². The fraction of sp³-hybridized carbons (Fsp3) is 0.350. The second-order valence-corrected chi connectivity index (χ2v) is 9.22. The smallest absolute Gasteiger partial charge is 0.246 e. The Labute approximate surface area is 180 Å². The predicted octanol–water partition coefficient (Wildman–Crippen LogP) is 2.82. The number of carbonyl (C=O) groups is 1. The number of piperazine rings is 1. The fourth-order valence-corrected chi connectivity index (χ4v) is 4.96. The van der Waals surface area contributed by atoms with E-state index in [9.17, 15) is 17.6 Å². The Morgan fingerprint density at radius 1 is 1.17 bits per heavy atom. The first kappa shape index (κ1) is 22.5. The summed E-state index contributed by atoms with van der Waals surface area (Å²) in [5.74, 6) is -0.551. The van der Waals surface area contributed by atoms with Crippen LogP contribution in [0.1, 0.15) is 6.92 Å². The number of hydrogen-bond donors (Lipinski definition) is 1. The summed E-state index contributed by atoms with van der Waals surface area (Å²) >= 11 is 6.00. The van der Waals surface area contributed by atoms with E-state index in [1.807, 2.05) is 4.90 Å². The highest BCUT2D eigenvalue weighted by Crippen LogP contribution is 2.28. The zero-order chi connectivity index (χ0) is 21.9. The summed E-state index contributed by atoms with van der Waals surface area (Å²) in [5.41, 5.74) is 0.461. The summed E-state index contributed by atoms with van der Waals surface area (Å²) in [6, 6.07) is 9.73. The second kappa shape index (κ2) is 9.30. The number of anilines is 1. The molecule has 0 saturated carbocycles. The molecule has 10 heteroatoms. The van der Waals surface area contributed by atoms with Crippen LogP contribution in [-0.2, 0) is 14.8 Å². The average molecular weight is 456 g/mol. The van der Waals surface area contributed by atoms with Gasteiger partial charge < -0.3 is 10.1 Å². The van der Waals surface area contributed by atoms with Gasteiger partial charge in [-0.05, 0) is 37.3 Å². The lowest BCUT2D eigenvalue weighted by atomic mass is 10.2. The molecule has 1 heterocycles. The lowest BCUT2D eigenvalue weighted by Crippen LogP contribution is -2.54.